The Morgan fingerprint density at radius 3 is 2.65 bits per heavy atom. The predicted molar refractivity (Wildman–Crippen MR) is 111 cm³/mol. The number of hydrogen-bond donors (Lipinski definition) is 1. The number of nitrogens with zero attached hydrogens (tertiary/aromatic N) is 2. The van der Waals surface area contributed by atoms with Crippen molar-refractivity contribution in [2.75, 3.05) is 7.11 Å². The van der Waals surface area contributed by atoms with E-state index in [2.05, 4.69) is 10.5 Å². The van der Waals surface area contributed by atoms with Crippen LogP contribution in [-0.4, -0.2) is 29.1 Å². The normalized spacial score (nSPS) is 18.6. The Kier molecular flexibility index (Phi) is 4.28. The van der Waals surface area contributed by atoms with E-state index in [0.717, 1.165) is 21.4 Å². The maximum absolute atomic E-state index is 13.3. The zero-order valence-corrected chi connectivity index (χ0v) is 16.9. The number of urea groups is 1. The fraction of sp³-hybridized carbons (Fsp3) is 0.174. The number of furan rings is 1. The largest absolute Gasteiger partial charge is 0.497 e. The Morgan fingerprint density at radius 1 is 1.06 bits per heavy atom. The molecule has 2 aromatic heterocycles. The summed E-state index contributed by atoms with van der Waals surface area (Å²) in [5.41, 5.74) is -0.0362. The highest BCUT2D eigenvalue weighted by atomic mass is 16.5. The van der Waals surface area contributed by atoms with Crippen LogP contribution in [0.3, 0.4) is 0 Å². The molecule has 0 saturated carbocycles. The lowest BCUT2D eigenvalue weighted by Gasteiger charge is -2.22. The van der Waals surface area contributed by atoms with E-state index >= 15 is 0 Å². The van der Waals surface area contributed by atoms with E-state index in [1.807, 2.05) is 36.4 Å². The summed E-state index contributed by atoms with van der Waals surface area (Å²) in [6, 6.07) is 16.0. The van der Waals surface area contributed by atoms with Gasteiger partial charge in [0.15, 0.2) is 5.76 Å². The second-order valence-electron chi connectivity index (χ2n) is 7.53. The Hall–Kier alpha value is -4.07. The third-order valence-electron chi connectivity index (χ3n) is 5.54. The quantitative estimate of drug-likeness (QED) is 0.492. The van der Waals surface area contributed by atoms with Gasteiger partial charge in [0.25, 0.3) is 5.91 Å². The third kappa shape index (κ3) is 3.13. The summed E-state index contributed by atoms with van der Waals surface area (Å²) >= 11 is 0. The van der Waals surface area contributed by atoms with E-state index in [1.165, 1.54) is 6.26 Å². The maximum Gasteiger partial charge on any atom is 0.325 e. The number of carbonyl (C=O) groups excluding carboxylic acids is 2. The molecule has 0 spiro atoms. The molecule has 2 aromatic carbocycles. The first-order valence-corrected chi connectivity index (χ1v) is 9.70. The number of imide groups is 1. The molecule has 1 aliphatic rings. The van der Waals surface area contributed by atoms with Crippen molar-refractivity contribution in [2.24, 2.45) is 0 Å². The number of fused-ring (bicyclic) bond motifs is 1. The van der Waals surface area contributed by atoms with Gasteiger partial charge < -0.3 is 19.0 Å². The number of amides is 3. The lowest BCUT2D eigenvalue weighted by Crippen LogP contribution is -2.40. The molecule has 1 saturated heterocycles. The van der Waals surface area contributed by atoms with Gasteiger partial charge in [-0.05, 0) is 53.6 Å². The van der Waals surface area contributed by atoms with Gasteiger partial charge in [-0.2, -0.15) is 0 Å². The number of rotatable bonds is 5. The summed E-state index contributed by atoms with van der Waals surface area (Å²) in [7, 11) is 1.62. The molecule has 1 atom stereocenters. The van der Waals surface area contributed by atoms with Crippen molar-refractivity contribution in [1.82, 2.24) is 15.4 Å². The van der Waals surface area contributed by atoms with Crippen LogP contribution >= 0.6 is 0 Å². The second kappa shape index (κ2) is 7.02. The van der Waals surface area contributed by atoms with Crippen molar-refractivity contribution < 1.29 is 23.3 Å². The summed E-state index contributed by atoms with van der Waals surface area (Å²) in [4.78, 5) is 27.1. The third-order valence-corrected chi connectivity index (χ3v) is 5.54. The van der Waals surface area contributed by atoms with Crippen LogP contribution in [0.1, 0.15) is 18.2 Å². The molecule has 0 aliphatic carbocycles. The topological polar surface area (TPSA) is 97.8 Å². The molecule has 8 heteroatoms. The second-order valence-corrected chi connectivity index (χ2v) is 7.53. The van der Waals surface area contributed by atoms with Gasteiger partial charge in [-0.3, -0.25) is 9.69 Å². The van der Waals surface area contributed by atoms with Crippen molar-refractivity contribution in [3.63, 3.8) is 0 Å². The lowest BCUT2D eigenvalue weighted by atomic mass is 9.90. The van der Waals surface area contributed by atoms with Crippen LogP contribution in [0.4, 0.5) is 4.79 Å². The van der Waals surface area contributed by atoms with E-state index in [0.29, 0.717) is 22.8 Å². The van der Waals surface area contributed by atoms with Crippen molar-refractivity contribution >= 4 is 22.7 Å². The predicted octanol–water partition coefficient (Wildman–Crippen LogP) is 4.06. The monoisotopic (exact) mass is 417 g/mol. The van der Waals surface area contributed by atoms with E-state index in [-0.39, 0.29) is 12.5 Å². The van der Waals surface area contributed by atoms with Crippen LogP contribution in [0.5, 0.6) is 5.75 Å². The van der Waals surface area contributed by atoms with Crippen molar-refractivity contribution in [2.45, 2.75) is 19.0 Å². The number of benzene rings is 2. The summed E-state index contributed by atoms with van der Waals surface area (Å²) < 4.78 is 15.8. The van der Waals surface area contributed by atoms with Gasteiger partial charge in [0, 0.05) is 6.07 Å². The number of carbonyl (C=O) groups is 2. The maximum atomic E-state index is 13.3. The fourth-order valence-corrected chi connectivity index (χ4v) is 3.78. The van der Waals surface area contributed by atoms with Crippen LogP contribution in [0, 0.1) is 0 Å². The molecule has 31 heavy (non-hydrogen) atoms. The van der Waals surface area contributed by atoms with Gasteiger partial charge in [0.2, 0.25) is 5.76 Å². The van der Waals surface area contributed by atoms with Crippen LogP contribution in [0.25, 0.3) is 22.3 Å². The van der Waals surface area contributed by atoms with Crippen molar-refractivity contribution in [1.29, 1.82) is 0 Å². The molecule has 3 heterocycles. The molecule has 4 aromatic rings. The first-order valence-electron chi connectivity index (χ1n) is 9.70. The molecule has 3 amide bonds. The van der Waals surface area contributed by atoms with Crippen LogP contribution in [-0.2, 0) is 16.9 Å². The Labute approximate surface area is 177 Å². The average Bonchev–Trinajstić information content (AvgIpc) is 3.51. The van der Waals surface area contributed by atoms with E-state index in [1.54, 1.807) is 32.2 Å². The van der Waals surface area contributed by atoms with Crippen molar-refractivity contribution in [3.05, 3.63) is 72.1 Å². The summed E-state index contributed by atoms with van der Waals surface area (Å²) in [5.74, 6) is 1.35. The number of methoxy groups -OCH3 is 1. The van der Waals surface area contributed by atoms with Gasteiger partial charge in [-0.1, -0.05) is 23.4 Å². The molecule has 0 bridgehead atoms. The van der Waals surface area contributed by atoms with Crippen LogP contribution in [0.15, 0.2) is 69.8 Å². The van der Waals surface area contributed by atoms with Gasteiger partial charge in [-0.25, -0.2) is 4.79 Å². The Bertz CT molecular complexity index is 1290. The number of ether oxygens (including phenoxy) is 1. The summed E-state index contributed by atoms with van der Waals surface area (Å²) in [5, 5.41) is 8.71. The lowest BCUT2D eigenvalue weighted by molar-refractivity contribution is -0.131. The standard InChI is InChI=1S/C23H19N3O5/c1-23(16-7-5-15-11-18(29-2)8-6-14(15)10-16)21(27)26(22(28)24-23)13-17-12-20(31-25-17)19-4-3-9-30-19/h3-12H,13H2,1-2H3,(H,24,28)/t23-/m1/s1. The fourth-order valence-electron chi connectivity index (χ4n) is 3.78. The van der Waals surface area contributed by atoms with Gasteiger partial charge >= 0.3 is 6.03 Å². The highest BCUT2D eigenvalue weighted by Crippen LogP contribution is 2.33. The zero-order chi connectivity index (χ0) is 21.6. The molecule has 0 radical (unpaired) electrons. The van der Waals surface area contributed by atoms with Gasteiger partial charge in [-0.15, -0.1) is 0 Å². The zero-order valence-electron chi connectivity index (χ0n) is 16.9. The minimum Gasteiger partial charge on any atom is -0.497 e. The number of hydrogen-bond acceptors (Lipinski definition) is 6. The molecule has 0 unspecified atom stereocenters. The summed E-state index contributed by atoms with van der Waals surface area (Å²) in [6.45, 7) is 1.70. The first kappa shape index (κ1) is 18.9. The molecule has 5 rings (SSSR count). The molecule has 1 aliphatic heterocycles. The molecule has 1 N–H and O–H groups in total. The average molecular weight is 417 g/mol. The minimum atomic E-state index is -1.18. The minimum absolute atomic E-state index is 0.00472. The molecule has 1 fully saturated rings. The van der Waals surface area contributed by atoms with Crippen molar-refractivity contribution in [3.8, 4) is 17.3 Å². The molecule has 8 nitrogen and oxygen atoms in total. The highest BCUT2D eigenvalue weighted by Gasteiger charge is 2.49. The Balaban J connectivity index is 1.42. The highest BCUT2D eigenvalue weighted by molar-refractivity contribution is 6.07. The van der Waals surface area contributed by atoms with Crippen LogP contribution in [0.2, 0.25) is 0 Å². The van der Waals surface area contributed by atoms with Crippen LogP contribution < -0.4 is 10.1 Å². The molecular formula is C23H19N3O5. The number of nitrogens with one attached hydrogen (secondary N) is 1. The summed E-state index contributed by atoms with van der Waals surface area (Å²) in [6.07, 6.45) is 1.53. The first-order chi connectivity index (χ1) is 15.0. The van der Waals surface area contributed by atoms with E-state index in [9.17, 15) is 9.59 Å². The SMILES string of the molecule is COc1ccc2cc([C@@]3(C)NC(=O)N(Cc4cc(-c5ccco5)on4)C3=O)ccc2c1. The van der Waals surface area contributed by atoms with E-state index in [4.69, 9.17) is 13.7 Å². The van der Waals surface area contributed by atoms with E-state index < -0.39 is 11.6 Å². The number of aromatic nitrogens is 1. The smallest absolute Gasteiger partial charge is 0.325 e. The molecule has 156 valence electrons. The van der Waals surface area contributed by atoms with Gasteiger partial charge in [0.05, 0.1) is 19.9 Å². The van der Waals surface area contributed by atoms with Gasteiger partial charge in [0.1, 0.15) is 17.0 Å². The molecular weight excluding hydrogens is 398 g/mol. The Morgan fingerprint density at radius 2 is 1.87 bits per heavy atom.